The summed E-state index contributed by atoms with van der Waals surface area (Å²) in [6.45, 7) is 0. The summed E-state index contributed by atoms with van der Waals surface area (Å²) >= 11 is 0. The van der Waals surface area contributed by atoms with E-state index in [4.69, 9.17) is 4.74 Å². The number of aromatic hydroxyl groups is 4. The predicted octanol–water partition coefficient (Wildman–Crippen LogP) is 3.77. The Bertz CT molecular complexity index is 913. The van der Waals surface area contributed by atoms with Crippen molar-refractivity contribution in [2.75, 3.05) is 0 Å². The van der Waals surface area contributed by atoms with Gasteiger partial charge in [0.15, 0.2) is 0 Å². The van der Waals surface area contributed by atoms with Gasteiger partial charge in [0.05, 0.1) is 5.92 Å². The zero-order valence-electron chi connectivity index (χ0n) is 13.1. The highest BCUT2D eigenvalue weighted by Crippen LogP contribution is 2.51. The van der Waals surface area contributed by atoms with E-state index in [1.165, 1.54) is 6.07 Å². The molecule has 0 fully saturated rings. The van der Waals surface area contributed by atoms with Crippen LogP contribution in [0, 0.1) is 0 Å². The van der Waals surface area contributed by atoms with Gasteiger partial charge in [0.2, 0.25) is 0 Å². The minimum atomic E-state index is -0.418. The van der Waals surface area contributed by atoms with Crippen LogP contribution >= 0.6 is 0 Å². The molecule has 5 nitrogen and oxygen atoms in total. The summed E-state index contributed by atoms with van der Waals surface area (Å²) in [5.74, 6) is 0.452. The Morgan fingerprint density at radius 1 is 0.600 bits per heavy atom. The Kier molecular flexibility index (Phi) is 3.42. The molecule has 4 rings (SSSR count). The molecule has 3 aromatic carbocycles. The number of phenolic OH excluding ortho intramolecular Hbond substituents is 4. The van der Waals surface area contributed by atoms with Gasteiger partial charge in [-0.2, -0.15) is 0 Å². The van der Waals surface area contributed by atoms with Crippen molar-refractivity contribution in [3.8, 4) is 28.7 Å². The van der Waals surface area contributed by atoms with Crippen molar-refractivity contribution >= 4 is 0 Å². The maximum atomic E-state index is 9.87. The van der Waals surface area contributed by atoms with Gasteiger partial charge in [0, 0.05) is 17.7 Å². The molecule has 0 aliphatic carbocycles. The fourth-order valence-electron chi connectivity index (χ4n) is 3.33. The Morgan fingerprint density at radius 2 is 1.24 bits per heavy atom. The summed E-state index contributed by atoms with van der Waals surface area (Å²) in [5.41, 5.74) is 2.38. The van der Waals surface area contributed by atoms with Gasteiger partial charge in [0.1, 0.15) is 34.9 Å². The van der Waals surface area contributed by atoms with Crippen LogP contribution in [-0.2, 0) is 0 Å². The van der Waals surface area contributed by atoms with E-state index in [9.17, 15) is 20.4 Å². The van der Waals surface area contributed by atoms with E-state index >= 15 is 0 Å². The van der Waals surface area contributed by atoms with Crippen LogP contribution in [0.5, 0.6) is 28.7 Å². The lowest BCUT2D eigenvalue weighted by Crippen LogP contribution is -2.11. The third kappa shape index (κ3) is 2.70. The van der Waals surface area contributed by atoms with Crippen LogP contribution in [0.15, 0.2) is 60.7 Å². The molecule has 5 heteroatoms. The third-order valence-corrected chi connectivity index (χ3v) is 4.39. The zero-order valence-corrected chi connectivity index (χ0v) is 13.1. The first-order valence-corrected chi connectivity index (χ1v) is 7.83. The third-order valence-electron chi connectivity index (χ3n) is 4.39. The molecule has 0 unspecified atom stereocenters. The van der Waals surface area contributed by atoms with E-state index in [1.807, 2.05) is 0 Å². The molecule has 2 atom stereocenters. The van der Waals surface area contributed by atoms with Crippen molar-refractivity contribution in [2.24, 2.45) is 0 Å². The van der Waals surface area contributed by atoms with Crippen LogP contribution < -0.4 is 4.74 Å². The molecular weight excluding hydrogens is 320 g/mol. The number of hydrogen-bond donors (Lipinski definition) is 4. The second-order valence-electron chi connectivity index (χ2n) is 6.11. The molecule has 0 aromatic heterocycles. The molecule has 3 aromatic rings. The topological polar surface area (TPSA) is 90.2 Å². The fraction of sp³-hybridized carbons (Fsp3) is 0.100. The quantitative estimate of drug-likeness (QED) is 0.572. The van der Waals surface area contributed by atoms with Gasteiger partial charge < -0.3 is 25.2 Å². The van der Waals surface area contributed by atoms with Gasteiger partial charge >= 0.3 is 0 Å². The average molecular weight is 336 g/mol. The van der Waals surface area contributed by atoms with E-state index in [2.05, 4.69) is 0 Å². The summed E-state index contributed by atoms with van der Waals surface area (Å²) in [4.78, 5) is 0. The largest absolute Gasteiger partial charge is 0.508 e. The minimum Gasteiger partial charge on any atom is -0.508 e. The Labute approximate surface area is 144 Å². The number of hydrogen-bond acceptors (Lipinski definition) is 5. The van der Waals surface area contributed by atoms with Gasteiger partial charge in [-0.25, -0.2) is 0 Å². The van der Waals surface area contributed by atoms with Gasteiger partial charge in [-0.1, -0.05) is 18.2 Å². The number of rotatable bonds is 2. The highest BCUT2D eigenvalue weighted by molar-refractivity contribution is 5.53. The first-order chi connectivity index (χ1) is 12.0. The summed E-state index contributed by atoms with van der Waals surface area (Å²) in [6, 6.07) is 16.0. The average Bonchev–Trinajstić information content (AvgIpc) is 2.93. The molecule has 0 spiro atoms. The molecular formula is C20H16O5. The van der Waals surface area contributed by atoms with Crippen molar-refractivity contribution in [1.82, 2.24) is 0 Å². The smallest absolute Gasteiger partial charge is 0.135 e. The molecule has 0 amide bonds. The van der Waals surface area contributed by atoms with E-state index in [-0.39, 0.29) is 28.9 Å². The number of benzene rings is 3. The molecule has 0 radical (unpaired) electrons. The first-order valence-electron chi connectivity index (χ1n) is 7.83. The molecule has 1 aliphatic heterocycles. The summed E-state index contributed by atoms with van der Waals surface area (Å²) in [7, 11) is 0. The molecule has 0 bridgehead atoms. The molecule has 0 saturated carbocycles. The fourth-order valence-corrected chi connectivity index (χ4v) is 3.33. The summed E-state index contributed by atoms with van der Waals surface area (Å²) in [6.07, 6.45) is -0.418. The van der Waals surface area contributed by atoms with Crippen molar-refractivity contribution in [2.45, 2.75) is 12.0 Å². The lowest BCUT2D eigenvalue weighted by Gasteiger charge is -2.20. The van der Waals surface area contributed by atoms with E-state index in [1.54, 1.807) is 54.6 Å². The first kappa shape index (κ1) is 15.2. The Hall–Kier alpha value is -3.34. The van der Waals surface area contributed by atoms with Crippen LogP contribution in [-0.4, -0.2) is 20.4 Å². The zero-order chi connectivity index (χ0) is 17.6. The maximum absolute atomic E-state index is 9.87. The SMILES string of the molecule is Oc1ccc([C@@H]2Oc3cc(O)ccc3[C@H]2c2cc(O)cc(O)c2)cc1. The number of fused-ring (bicyclic) bond motifs is 1. The molecule has 1 aliphatic rings. The summed E-state index contributed by atoms with van der Waals surface area (Å²) < 4.78 is 6.06. The molecule has 1 heterocycles. The van der Waals surface area contributed by atoms with E-state index in [0.29, 0.717) is 11.3 Å². The van der Waals surface area contributed by atoms with Gasteiger partial charge in [-0.3, -0.25) is 0 Å². The van der Waals surface area contributed by atoms with Crippen LogP contribution in [0.1, 0.15) is 28.7 Å². The van der Waals surface area contributed by atoms with Crippen LogP contribution in [0.25, 0.3) is 0 Å². The number of ether oxygens (including phenoxy) is 1. The molecule has 25 heavy (non-hydrogen) atoms. The highest BCUT2D eigenvalue weighted by atomic mass is 16.5. The van der Waals surface area contributed by atoms with Crippen LogP contribution in [0.2, 0.25) is 0 Å². The van der Waals surface area contributed by atoms with Crippen molar-refractivity contribution < 1.29 is 25.2 Å². The van der Waals surface area contributed by atoms with Crippen LogP contribution in [0.3, 0.4) is 0 Å². The molecule has 0 saturated heterocycles. The lowest BCUT2D eigenvalue weighted by atomic mass is 9.85. The van der Waals surface area contributed by atoms with Gasteiger partial charge in [0.25, 0.3) is 0 Å². The van der Waals surface area contributed by atoms with E-state index in [0.717, 1.165) is 11.1 Å². The second kappa shape index (κ2) is 5.63. The number of phenols is 4. The van der Waals surface area contributed by atoms with Crippen molar-refractivity contribution in [1.29, 1.82) is 0 Å². The highest BCUT2D eigenvalue weighted by Gasteiger charge is 2.37. The van der Waals surface area contributed by atoms with Gasteiger partial charge in [-0.05, 0) is 41.5 Å². The predicted molar refractivity (Wildman–Crippen MR) is 91.2 cm³/mol. The monoisotopic (exact) mass is 336 g/mol. The second-order valence-corrected chi connectivity index (χ2v) is 6.11. The Balaban J connectivity index is 1.87. The lowest BCUT2D eigenvalue weighted by molar-refractivity contribution is 0.221. The maximum Gasteiger partial charge on any atom is 0.135 e. The minimum absolute atomic E-state index is 0.0355. The van der Waals surface area contributed by atoms with E-state index < -0.39 is 6.10 Å². The molecule has 4 N–H and O–H groups in total. The van der Waals surface area contributed by atoms with Gasteiger partial charge in [-0.15, -0.1) is 0 Å². The van der Waals surface area contributed by atoms with Crippen LogP contribution in [0.4, 0.5) is 0 Å². The molecule has 126 valence electrons. The van der Waals surface area contributed by atoms with Crippen molar-refractivity contribution in [3.63, 3.8) is 0 Å². The van der Waals surface area contributed by atoms with Crippen molar-refractivity contribution in [3.05, 3.63) is 77.4 Å². The standard InChI is InChI=1S/C20H16O5/c21-13-3-1-11(2-4-13)20-19(12-7-15(23)9-16(24)8-12)17-6-5-14(22)10-18(17)25-20/h1-10,19-24H/t19-,20+/m1/s1. The Morgan fingerprint density at radius 3 is 1.92 bits per heavy atom. The normalized spacial score (nSPS) is 18.6. The summed E-state index contributed by atoms with van der Waals surface area (Å²) in [5, 5.41) is 39.0.